The van der Waals surface area contributed by atoms with E-state index in [1.807, 2.05) is 51.1 Å². The predicted octanol–water partition coefficient (Wildman–Crippen LogP) is 4.63. The van der Waals surface area contributed by atoms with Crippen molar-refractivity contribution in [2.75, 3.05) is 5.32 Å². The summed E-state index contributed by atoms with van der Waals surface area (Å²) in [7, 11) is 0. The fourth-order valence-electron chi connectivity index (χ4n) is 1.98. The summed E-state index contributed by atoms with van der Waals surface area (Å²) in [6, 6.07) is 11.6. The van der Waals surface area contributed by atoms with Crippen molar-refractivity contribution in [2.24, 2.45) is 0 Å². The SMILES string of the molecule is Cc1cc(C)cc(NC(=O)c2ccc(C)c(Br)c2)c1. The highest BCUT2D eigenvalue weighted by atomic mass is 79.9. The summed E-state index contributed by atoms with van der Waals surface area (Å²) in [5.41, 5.74) is 4.87. The normalized spacial score (nSPS) is 10.3. The molecule has 0 saturated carbocycles. The number of anilines is 1. The first-order valence-corrected chi connectivity index (χ1v) is 6.91. The summed E-state index contributed by atoms with van der Waals surface area (Å²) in [6.45, 7) is 6.03. The zero-order chi connectivity index (χ0) is 14.0. The Morgan fingerprint density at radius 2 is 1.63 bits per heavy atom. The minimum Gasteiger partial charge on any atom is -0.322 e. The fourth-order valence-corrected chi connectivity index (χ4v) is 2.36. The minimum absolute atomic E-state index is 0.0919. The average molecular weight is 318 g/mol. The molecule has 0 atom stereocenters. The van der Waals surface area contributed by atoms with Crippen LogP contribution in [0.2, 0.25) is 0 Å². The van der Waals surface area contributed by atoms with Gasteiger partial charge in [0, 0.05) is 15.7 Å². The van der Waals surface area contributed by atoms with E-state index in [2.05, 4.69) is 27.3 Å². The maximum Gasteiger partial charge on any atom is 0.255 e. The summed E-state index contributed by atoms with van der Waals surface area (Å²) in [5.74, 6) is -0.0919. The van der Waals surface area contributed by atoms with E-state index in [-0.39, 0.29) is 5.91 Å². The van der Waals surface area contributed by atoms with E-state index >= 15 is 0 Å². The molecule has 3 heteroatoms. The van der Waals surface area contributed by atoms with Crippen LogP contribution >= 0.6 is 15.9 Å². The van der Waals surface area contributed by atoms with Gasteiger partial charge in [0.2, 0.25) is 0 Å². The number of aryl methyl sites for hydroxylation is 3. The number of carbonyl (C=O) groups is 1. The second-order valence-electron chi connectivity index (χ2n) is 4.79. The van der Waals surface area contributed by atoms with Crippen LogP contribution in [0.15, 0.2) is 40.9 Å². The summed E-state index contributed by atoms with van der Waals surface area (Å²) < 4.78 is 0.945. The third kappa shape index (κ3) is 3.44. The number of benzene rings is 2. The molecule has 0 saturated heterocycles. The van der Waals surface area contributed by atoms with Crippen LogP contribution in [0.1, 0.15) is 27.0 Å². The second kappa shape index (κ2) is 5.57. The largest absolute Gasteiger partial charge is 0.322 e. The van der Waals surface area contributed by atoms with Crippen LogP contribution in [0.5, 0.6) is 0 Å². The standard InChI is InChI=1S/C16H16BrNO/c1-10-6-11(2)8-14(7-10)18-16(19)13-5-4-12(3)15(17)9-13/h4-9H,1-3H3,(H,18,19). The van der Waals surface area contributed by atoms with E-state index in [0.29, 0.717) is 5.56 Å². The molecule has 19 heavy (non-hydrogen) atoms. The fraction of sp³-hybridized carbons (Fsp3) is 0.188. The van der Waals surface area contributed by atoms with Gasteiger partial charge < -0.3 is 5.32 Å². The second-order valence-corrected chi connectivity index (χ2v) is 5.65. The molecule has 2 aromatic carbocycles. The summed E-state index contributed by atoms with van der Waals surface area (Å²) in [6.07, 6.45) is 0. The number of rotatable bonds is 2. The molecule has 1 N–H and O–H groups in total. The third-order valence-corrected chi connectivity index (χ3v) is 3.77. The highest BCUT2D eigenvalue weighted by molar-refractivity contribution is 9.10. The molecule has 2 aromatic rings. The monoisotopic (exact) mass is 317 g/mol. The lowest BCUT2D eigenvalue weighted by atomic mass is 10.1. The smallest absolute Gasteiger partial charge is 0.255 e. The van der Waals surface area contributed by atoms with E-state index in [1.54, 1.807) is 0 Å². The van der Waals surface area contributed by atoms with Crippen LogP contribution in [0.3, 0.4) is 0 Å². The lowest BCUT2D eigenvalue weighted by molar-refractivity contribution is 0.102. The molecule has 0 heterocycles. The lowest BCUT2D eigenvalue weighted by Crippen LogP contribution is -2.12. The van der Waals surface area contributed by atoms with Gasteiger partial charge in [0.15, 0.2) is 0 Å². The van der Waals surface area contributed by atoms with Gasteiger partial charge in [-0.3, -0.25) is 4.79 Å². The van der Waals surface area contributed by atoms with Gasteiger partial charge in [-0.15, -0.1) is 0 Å². The van der Waals surface area contributed by atoms with E-state index < -0.39 is 0 Å². The van der Waals surface area contributed by atoms with Crippen molar-refractivity contribution in [2.45, 2.75) is 20.8 Å². The van der Waals surface area contributed by atoms with E-state index in [1.165, 1.54) is 0 Å². The Bertz CT molecular complexity index is 614. The number of hydrogen-bond donors (Lipinski definition) is 1. The number of nitrogens with one attached hydrogen (secondary N) is 1. The van der Waals surface area contributed by atoms with Crippen LogP contribution in [0.4, 0.5) is 5.69 Å². The van der Waals surface area contributed by atoms with Crippen molar-refractivity contribution < 1.29 is 4.79 Å². The number of amides is 1. The van der Waals surface area contributed by atoms with Crippen molar-refractivity contribution in [3.8, 4) is 0 Å². The van der Waals surface area contributed by atoms with Crippen LogP contribution < -0.4 is 5.32 Å². The molecule has 98 valence electrons. The predicted molar refractivity (Wildman–Crippen MR) is 82.7 cm³/mol. The van der Waals surface area contributed by atoms with E-state index in [0.717, 1.165) is 26.9 Å². The van der Waals surface area contributed by atoms with Gasteiger partial charge >= 0.3 is 0 Å². The number of carbonyl (C=O) groups excluding carboxylic acids is 1. The van der Waals surface area contributed by atoms with Gasteiger partial charge in [0.05, 0.1) is 0 Å². The molecule has 0 aliphatic rings. The zero-order valence-corrected chi connectivity index (χ0v) is 12.8. The lowest BCUT2D eigenvalue weighted by Gasteiger charge is -2.08. The van der Waals surface area contributed by atoms with Gasteiger partial charge in [0.1, 0.15) is 0 Å². The van der Waals surface area contributed by atoms with Crippen molar-refractivity contribution >= 4 is 27.5 Å². The Hall–Kier alpha value is -1.61. The molecule has 0 radical (unpaired) electrons. The molecule has 0 aromatic heterocycles. The van der Waals surface area contributed by atoms with Crippen LogP contribution in [0.25, 0.3) is 0 Å². The molecule has 0 aliphatic carbocycles. The molecule has 2 nitrogen and oxygen atoms in total. The average Bonchev–Trinajstić information content (AvgIpc) is 2.31. The molecule has 0 unspecified atom stereocenters. The van der Waals surface area contributed by atoms with Crippen molar-refractivity contribution in [1.82, 2.24) is 0 Å². The first-order valence-electron chi connectivity index (χ1n) is 6.11. The van der Waals surface area contributed by atoms with Crippen LogP contribution in [-0.4, -0.2) is 5.91 Å². The Balaban J connectivity index is 2.22. The highest BCUT2D eigenvalue weighted by Gasteiger charge is 2.08. The van der Waals surface area contributed by atoms with Crippen molar-refractivity contribution in [1.29, 1.82) is 0 Å². The highest BCUT2D eigenvalue weighted by Crippen LogP contribution is 2.19. The van der Waals surface area contributed by atoms with Crippen molar-refractivity contribution in [3.63, 3.8) is 0 Å². The van der Waals surface area contributed by atoms with Crippen LogP contribution in [-0.2, 0) is 0 Å². The molecule has 1 amide bonds. The van der Waals surface area contributed by atoms with Gasteiger partial charge in [-0.05, 0) is 61.7 Å². The molecule has 0 fully saturated rings. The van der Waals surface area contributed by atoms with E-state index in [4.69, 9.17) is 0 Å². The summed E-state index contributed by atoms with van der Waals surface area (Å²) in [5, 5.41) is 2.93. The Labute approximate surface area is 122 Å². The zero-order valence-electron chi connectivity index (χ0n) is 11.3. The number of hydrogen-bond acceptors (Lipinski definition) is 1. The first kappa shape index (κ1) is 13.8. The van der Waals surface area contributed by atoms with Crippen molar-refractivity contribution in [3.05, 3.63) is 63.1 Å². The quantitative estimate of drug-likeness (QED) is 0.859. The van der Waals surface area contributed by atoms with E-state index in [9.17, 15) is 4.79 Å². The van der Waals surface area contributed by atoms with Crippen LogP contribution in [0, 0.1) is 20.8 Å². The van der Waals surface area contributed by atoms with Gasteiger partial charge in [-0.1, -0.05) is 28.1 Å². The molecule has 0 bridgehead atoms. The Kier molecular flexibility index (Phi) is 4.05. The minimum atomic E-state index is -0.0919. The first-order chi connectivity index (χ1) is 8.95. The molecule has 2 rings (SSSR count). The molecular formula is C16H16BrNO. The summed E-state index contributed by atoms with van der Waals surface area (Å²) in [4.78, 5) is 12.2. The maximum absolute atomic E-state index is 12.2. The third-order valence-electron chi connectivity index (χ3n) is 2.91. The topological polar surface area (TPSA) is 29.1 Å². The Morgan fingerprint density at radius 1 is 1.00 bits per heavy atom. The number of halogens is 1. The van der Waals surface area contributed by atoms with Gasteiger partial charge in [-0.2, -0.15) is 0 Å². The summed E-state index contributed by atoms with van der Waals surface area (Å²) >= 11 is 3.44. The Morgan fingerprint density at radius 3 is 2.21 bits per heavy atom. The maximum atomic E-state index is 12.2. The van der Waals surface area contributed by atoms with Gasteiger partial charge in [-0.25, -0.2) is 0 Å². The molecule has 0 spiro atoms. The molecule has 0 aliphatic heterocycles. The molecular weight excluding hydrogens is 302 g/mol. The van der Waals surface area contributed by atoms with Gasteiger partial charge in [0.25, 0.3) is 5.91 Å².